The molecule has 0 fully saturated rings. The third-order valence-electron chi connectivity index (χ3n) is 2.40. The van der Waals surface area contributed by atoms with Crippen molar-refractivity contribution in [2.24, 2.45) is 0 Å². The third-order valence-corrected chi connectivity index (χ3v) is 2.81. The summed E-state index contributed by atoms with van der Waals surface area (Å²) in [6.45, 7) is 5.14. The second-order valence-corrected chi connectivity index (χ2v) is 3.97. The van der Waals surface area contributed by atoms with Crippen LogP contribution >= 0.6 is 11.6 Å². The highest BCUT2D eigenvalue weighted by Crippen LogP contribution is 2.18. The Bertz CT molecular complexity index is 366. The van der Waals surface area contributed by atoms with Crippen LogP contribution in [-0.2, 0) is 6.42 Å². The molecule has 1 rings (SSSR count). The molecule has 0 unspecified atom stereocenters. The zero-order valence-corrected chi connectivity index (χ0v) is 10.4. The lowest BCUT2D eigenvalue weighted by atomic mass is 10.1. The molecule has 3 nitrogen and oxygen atoms in total. The Balaban J connectivity index is 2.43. The maximum absolute atomic E-state index is 11.1. The normalized spacial score (nSPS) is 9.94. The van der Waals surface area contributed by atoms with Crippen molar-refractivity contribution >= 4 is 17.6 Å². The summed E-state index contributed by atoms with van der Waals surface area (Å²) in [6, 6.07) is 5.71. The molecule has 16 heavy (non-hydrogen) atoms. The number of hydrogen-bond donors (Lipinski definition) is 2. The molecule has 2 N–H and O–H groups in total. The standard InChI is InChI=1S/C12H17ClN2O/c1-3-14-12(16)15-8-7-10-5-4-6-11(13)9(10)2/h4-6H,3,7-8H2,1-2H3,(H2,14,15,16). The van der Waals surface area contributed by atoms with Crippen molar-refractivity contribution in [2.45, 2.75) is 20.3 Å². The summed E-state index contributed by atoms with van der Waals surface area (Å²) in [5.41, 5.74) is 2.26. The summed E-state index contributed by atoms with van der Waals surface area (Å²) < 4.78 is 0. The Morgan fingerprint density at radius 3 is 2.81 bits per heavy atom. The Hall–Kier alpha value is -1.22. The van der Waals surface area contributed by atoms with E-state index < -0.39 is 0 Å². The SMILES string of the molecule is CCNC(=O)NCCc1cccc(Cl)c1C. The summed E-state index contributed by atoms with van der Waals surface area (Å²) in [6.07, 6.45) is 0.795. The van der Waals surface area contributed by atoms with Crippen molar-refractivity contribution in [1.82, 2.24) is 10.6 Å². The van der Waals surface area contributed by atoms with Gasteiger partial charge in [0.1, 0.15) is 0 Å². The largest absolute Gasteiger partial charge is 0.338 e. The summed E-state index contributed by atoms with van der Waals surface area (Å²) in [4.78, 5) is 11.1. The highest BCUT2D eigenvalue weighted by atomic mass is 35.5. The van der Waals surface area contributed by atoms with Crippen LogP contribution in [0.1, 0.15) is 18.1 Å². The number of hydrogen-bond acceptors (Lipinski definition) is 1. The molecule has 2 amide bonds. The number of nitrogens with one attached hydrogen (secondary N) is 2. The van der Waals surface area contributed by atoms with E-state index in [0.29, 0.717) is 13.1 Å². The quantitative estimate of drug-likeness (QED) is 0.834. The van der Waals surface area contributed by atoms with E-state index in [1.54, 1.807) is 0 Å². The van der Waals surface area contributed by atoms with Gasteiger partial charge in [-0.15, -0.1) is 0 Å². The predicted molar refractivity (Wildman–Crippen MR) is 67.0 cm³/mol. The summed E-state index contributed by atoms with van der Waals surface area (Å²) in [5.74, 6) is 0. The van der Waals surface area contributed by atoms with Gasteiger partial charge in [-0.3, -0.25) is 0 Å². The number of benzene rings is 1. The van der Waals surface area contributed by atoms with E-state index in [1.165, 1.54) is 5.56 Å². The third kappa shape index (κ3) is 3.74. The first-order chi connectivity index (χ1) is 7.65. The van der Waals surface area contributed by atoms with Crippen LogP contribution in [0.15, 0.2) is 18.2 Å². The van der Waals surface area contributed by atoms with E-state index in [0.717, 1.165) is 17.0 Å². The van der Waals surface area contributed by atoms with Crippen molar-refractivity contribution < 1.29 is 4.79 Å². The number of carbonyl (C=O) groups excluding carboxylic acids is 1. The second kappa shape index (κ2) is 6.38. The van der Waals surface area contributed by atoms with Gasteiger partial charge in [-0.25, -0.2) is 4.79 Å². The average molecular weight is 241 g/mol. The van der Waals surface area contributed by atoms with E-state index in [9.17, 15) is 4.79 Å². The number of halogens is 1. The highest BCUT2D eigenvalue weighted by Gasteiger charge is 2.02. The molecule has 0 aliphatic heterocycles. The minimum Gasteiger partial charge on any atom is -0.338 e. The molecule has 1 aromatic rings. The fourth-order valence-corrected chi connectivity index (χ4v) is 1.65. The van der Waals surface area contributed by atoms with Gasteiger partial charge in [0.15, 0.2) is 0 Å². The number of amides is 2. The first-order valence-electron chi connectivity index (χ1n) is 5.40. The van der Waals surface area contributed by atoms with Crippen molar-refractivity contribution in [3.8, 4) is 0 Å². The molecule has 0 saturated carbocycles. The summed E-state index contributed by atoms with van der Waals surface area (Å²) in [5, 5.41) is 6.24. The van der Waals surface area contributed by atoms with E-state index in [1.807, 2.05) is 32.0 Å². The lowest BCUT2D eigenvalue weighted by molar-refractivity contribution is 0.241. The van der Waals surface area contributed by atoms with Crippen molar-refractivity contribution in [3.63, 3.8) is 0 Å². The van der Waals surface area contributed by atoms with Gasteiger partial charge < -0.3 is 10.6 Å². The molecule has 1 aromatic carbocycles. The molecule has 0 aliphatic rings. The summed E-state index contributed by atoms with van der Waals surface area (Å²) in [7, 11) is 0. The summed E-state index contributed by atoms with van der Waals surface area (Å²) >= 11 is 6.01. The van der Waals surface area contributed by atoms with Crippen molar-refractivity contribution in [1.29, 1.82) is 0 Å². The Kier molecular flexibility index (Phi) is 5.12. The molecule has 4 heteroatoms. The van der Waals surface area contributed by atoms with Gasteiger partial charge in [-0.05, 0) is 37.5 Å². The molecule has 0 heterocycles. The van der Waals surface area contributed by atoms with Gasteiger partial charge in [-0.2, -0.15) is 0 Å². The minimum atomic E-state index is -0.123. The molecule has 0 saturated heterocycles. The number of carbonyl (C=O) groups is 1. The average Bonchev–Trinajstić information content (AvgIpc) is 2.25. The molecule has 88 valence electrons. The molecule has 0 aliphatic carbocycles. The van der Waals surface area contributed by atoms with Crippen LogP contribution in [0.5, 0.6) is 0 Å². The Morgan fingerprint density at radius 1 is 1.38 bits per heavy atom. The van der Waals surface area contributed by atoms with Crippen LogP contribution in [0.2, 0.25) is 5.02 Å². The van der Waals surface area contributed by atoms with E-state index in [-0.39, 0.29) is 6.03 Å². The molecule has 0 atom stereocenters. The molecule has 0 bridgehead atoms. The molecular formula is C12H17ClN2O. The highest BCUT2D eigenvalue weighted by molar-refractivity contribution is 6.31. The van der Waals surface area contributed by atoms with E-state index in [2.05, 4.69) is 10.6 Å². The second-order valence-electron chi connectivity index (χ2n) is 3.56. The van der Waals surface area contributed by atoms with Crippen LogP contribution in [0.3, 0.4) is 0 Å². The minimum absolute atomic E-state index is 0.123. The smallest absolute Gasteiger partial charge is 0.314 e. The Labute approximate surface area is 101 Å². The lowest BCUT2D eigenvalue weighted by Crippen LogP contribution is -2.36. The molecule has 0 radical (unpaired) electrons. The molecule has 0 spiro atoms. The van der Waals surface area contributed by atoms with E-state index in [4.69, 9.17) is 11.6 Å². The molecular weight excluding hydrogens is 224 g/mol. The van der Waals surface area contributed by atoms with Crippen LogP contribution < -0.4 is 10.6 Å². The Morgan fingerprint density at radius 2 is 2.12 bits per heavy atom. The number of rotatable bonds is 4. The van der Waals surface area contributed by atoms with Crippen LogP contribution in [-0.4, -0.2) is 19.1 Å². The zero-order valence-electron chi connectivity index (χ0n) is 9.64. The van der Waals surface area contributed by atoms with Crippen molar-refractivity contribution in [3.05, 3.63) is 34.3 Å². The van der Waals surface area contributed by atoms with Gasteiger partial charge >= 0.3 is 6.03 Å². The maximum Gasteiger partial charge on any atom is 0.314 e. The van der Waals surface area contributed by atoms with Gasteiger partial charge in [-0.1, -0.05) is 23.7 Å². The van der Waals surface area contributed by atoms with Crippen molar-refractivity contribution in [2.75, 3.05) is 13.1 Å². The zero-order chi connectivity index (χ0) is 12.0. The molecule has 0 aromatic heterocycles. The fourth-order valence-electron chi connectivity index (χ4n) is 1.46. The lowest BCUT2D eigenvalue weighted by Gasteiger charge is -2.08. The van der Waals surface area contributed by atoms with Gasteiger partial charge in [0.25, 0.3) is 0 Å². The van der Waals surface area contributed by atoms with E-state index >= 15 is 0 Å². The van der Waals surface area contributed by atoms with Crippen LogP contribution in [0.4, 0.5) is 4.79 Å². The van der Waals surface area contributed by atoms with Crippen LogP contribution in [0, 0.1) is 6.92 Å². The van der Waals surface area contributed by atoms with Crippen LogP contribution in [0.25, 0.3) is 0 Å². The van der Waals surface area contributed by atoms with Gasteiger partial charge in [0.05, 0.1) is 0 Å². The predicted octanol–water partition coefficient (Wildman–Crippen LogP) is 2.51. The number of urea groups is 1. The monoisotopic (exact) mass is 240 g/mol. The first kappa shape index (κ1) is 12.8. The maximum atomic E-state index is 11.1. The fraction of sp³-hybridized carbons (Fsp3) is 0.417. The van der Waals surface area contributed by atoms with Gasteiger partial charge in [0, 0.05) is 18.1 Å². The first-order valence-corrected chi connectivity index (χ1v) is 5.78. The van der Waals surface area contributed by atoms with Gasteiger partial charge in [0.2, 0.25) is 0 Å². The topological polar surface area (TPSA) is 41.1 Å².